The monoisotopic (exact) mass is 1130 g/mol. The third kappa shape index (κ3) is 23.2. The molecule has 6 rings (SSSR count). The molecule has 0 aromatic heterocycles. The van der Waals surface area contributed by atoms with E-state index in [1.54, 1.807) is 62.3 Å². The van der Waals surface area contributed by atoms with E-state index in [1.807, 2.05) is 6.92 Å². The molecule has 3 saturated heterocycles. The lowest BCUT2D eigenvalue weighted by molar-refractivity contribution is -0.305. The van der Waals surface area contributed by atoms with Gasteiger partial charge in [-0.2, -0.15) is 0 Å². The fourth-order valence-electron chi connectivity index (χ4n) is 11.5. The lowest BCUT2D eigenvalue weighted by Crippen LogP contribution is -2.48. The van der Waals surface area contributed by atoms with Crippen LogP contribution in [-0.2, 0) is 85.6 Å². The Morgan fingerprint density at radius 1 is 0.438 bits per heavy atom. The zero-order valence-electron chi connectivity index (χ0n) is 51.0. The minimum Gasteiger partial charge on any atom is -0.460 e. The molecular weight excluding hydrogens is 1030 g/mol. The molecule has 80 heavy (non-hydrogen) atoms. The molecule has 0 N–H and O–H groups in total. The lowest BCUT2D eigenvalue weighted by Gasteiger charge is -2.42. The smallest absolute Gasteiger partial charge is 0.333 e. The maximum atomic E-state index is 12.7. The van der Waals surface area contributed by atoms with Crippen molar-refractivity contribution in [1.29, 1.82) is 0 Å². The first-order valence-corrected chi connectivity index (χ1v) is 29.5. The molecule has 456 valence electrons. The molecule has 0 aromatic rings. The van der Waals surface area contributed by atoms with Crippen molar-refractivity contribution in [3.63, 3.8) is 0 Å². The van der Waals surface area contributed by atoms with Crippen molar-refractivity contribution >= 4 is 35.8 Å². The third-order valence-electron chi connectivity index (χ3n) is 15.5. The molecule has 18 heteroatoms. The Morgan fingerprint density at radius 2 is 0.738 bits per heavy atom. The van der Waals surface area contributed by atoms with Gasteiger partial charge in [0.05, 0.1) is 55.9 Å². The predicted molar refractivity (Wildman–Crippen MR) is 298 cm³/mol. The van der Waals surface area contributed by atoms with Crippen LogP contribution < -0.4 is 0 Å². The SMILES string of the molecule is C=C(C)C(=O)OCC1CC(CC(=O)OC2(C(C)C)CCCCC2)OC(C)(C)O1.C=C(C)C(=O)OCC1CC(CC(=O)OC2(C)CCCC2)OC(C)(C)O1.C=C(C)C(=O)OCC1CC(CC(=O)OC2(CC)CCCCC2)OC(C)(C)O1. The summed E-state index contributed by atoms with van der Waals surface area (Å²) in [5, 5.41) is 0. The first-order chi connectivity index (χ1) is 37.3. The van der Waals surface area contributed by atoms with Gasteiger partial charge in [-0.15, -0.1) is 0 Å². The summed E-state index contributed by atoms with van der Waals surface area (Å²) in [6.45, 7) is 34.9. The van der Waals surface area contributed by atoms with E-state index in [1.165, 1.54) is 12.8 Å². The fourth-order valence-corrected chi connectivity index (χ4v) is 11.5. The quantitative estimate of drug-likeness (QED) is 0.0629. The minimum atomic E-state index is -0.857. The molecule has 0 amide bonds. The highest BCUT2D eigenvalue weighted by atomic mass is 16.7. The number of carbonyl (C=O) groups is 6. The summed E-state index contributed by atoms with van der Waals surface area (Å²) in [5.74, 6) is -4.29. The van der Waals surface area contributed by atoms with Crippen molar-refractivity contribution in [3.05, 3.63) is 36.5 Å². The average molecular weight is 1130 g/mol. The Labute approximate surface area is 477 Å². The second-order valence-electron chi connectivity index (χ2n) is 25.1. The molecule has 6 unspecified atom stereocenters. The molecule has 18 nitrogen and oxygen atoms in total. The minimum absolute atomic E-state index is 0.111. The second-order valence-corrected chi connectivity index (χ2v) is 25.1. The number of esters is 6. The summed E-state index contributed by atoms with van der Waals surface area (Å²) in [7, 11) is 0. The van der Waals surface area contributed by atoms with Crippen LogP contribution >= 0.6 is 0 Å². The lowest BCUT2D eigenvalue weighted by atomic mass is 9.77. The van der Waals surface area contributed by atoms with Crippen LogP contribution in [0, 0.1) is 5.92 Å². The zero-order chi connectivity index (χ0) is 59.7. The zero-order valence-corrected chi connectivity index (χ0v) is 51.0. The number of ether oxygens (including phenoxy) is 12. The predicted octanol–water partition coefficient (Wildman–Crippen LogP) is 11.7. The van der Waals surface area contributed by atoms with Crippen LogP contribution in [0.4, 0.5) is 0 Å². The van der Waals surface area contributed by atoms with Crippen molar-refractivity contribution < 1.29 is 85.6 Å². The summed E-state index contributed by atoms with van der Waals surface area (Å²) in [5.41, 5.74) is 0.0283. The van der Waals surface area contributed by atoms with Gasteiger partial charge in [-0.25, -0.2) is 14.4 Å². The highest BCUT2D eigenvalue weighted by molar-refractivity contribution is 5.87. The van der Waals surface area contributed by atoms with E-state index in [2.05, 4.69) is 40.5 Å². The molecule has 3 aliphatic heterocycles. The Hall–Kier alpha value is -4.20. The van der Waals surface area contributed by atoms with E-state index in [4.69, 9.17) is 56.8 Å². The van der Waals surface area contributed by atoms with Crippen LogP contribution in [0.15, 0.2) is 36.5 Å². The van der Waals surface area contributed by atoms with Gasteiger partial charge < -0.3 is 56.8 Å². The summed E-state index contributed by atoms with van der Waals surface area (Å²) < 4.78 is 68.4. The standard InChI is InChI=1S/C22H36O6.C21H34O6.C19H30O6/c1-15(2)20(24)25-14-18-12-17(26-21(5,6)27-18)13-19(23)28-22(16(3)4)10-8-7-9-11-22;1-6-21(10-8-7-9-11-21)27-18(22)13-16-12-17(26-20(4,5)25-16)14-24-19(23)15(2)3;1-13(2)17(21)22-12-15-10-14(23-18(3,4)24-15)11-16(20)25-19(5)8-6-7-9-19/h16-18H,1,7-14H2,2-6H3;16-17H,2,6-14H2,1,3-5H3;14-15H,1,6-12H2,2-5H3. The van der Waals surface area contributed by atoms with Crippen LogP contribution in [0.5, 0.6) is 0 Å². The van der Waals surface area contributed by atoms with E-state index < -0.39 is 35.3 Å². The molecule has 6 fully saturated rings. The van der Waals surface area contributed by atoms with Crippen LogP contribution in [0.3, 0.4) is 0 Å². The molecule has 0 spiro atoms. The van der Waals surface area contributed by atoms with Gasteiger partial charge in [0.15, 0.2) is 17.4 Å². The molecule has 3 aliphatic carbocycles. The Bertz CT molecular complexity index is 2100. The van der Waals surface area contributed by atoms with Gasteiger partial charge in [0.25, 0.3) is 0 Å². The van der Waals surface area contributed by atoms with Gasteiger partial charge in [-0.3, -0.25) is 14.4 Å². The fraction of sp³-hybridized carbons (Fsp3) is 0.806. The van der Waals surface area contributed by atoms with Crippen molar-refractivity contribution in [2.45, 2.75) is 296 Å². The van der Waals surface area contributed by atoms with Crippen molar-refractivity contribution in [1.82, 2.24) is 0 Å². The Morgan fingerprint density at radius 3 is 1.06 bits per heavy atom. The highest BCUT2D eigenvalue weighted by Gasteiger charge is 2.44. The normalized spacial score (nSPS) is 26.9. The number of carbonyl (C=O) groups excluding carboxylic acids is 6. The number of rotatable bonds is 20. The topological polar surface area (TPSA) is 213 Å². The van der Waals surface area contributed by atoms with E-state index in [0.717, 1.165) is 83.5 Å². The van der Waals surface area contributed by atoms with E-state index in [9.17, 15) is 28.8 Å². The van der Waals surface area contributed by atoms with Crippen LogP contribution in [0.1, 0.15) is 225 Å². The van der Waals surface area contributed by atoms with Gasteiger partial charge in [0.1, 0.15) is 36.6 Å². The maximum absolute atomic E-state index is 12.7. The maximum Gasteiger partial charge on any atom is 0.333 e. The Kier molecular flexibility index (Phi) is 25.9. The highest BCUT2D eigenvalue weighted by Crippen LogP contribution is 2.40. The molecular formula is C62H100O18. The first-order valence-electron chi connectivity index (χ1n) is 29.5. The van der Waals surface area contributed by atoms with E-state index >= 15 is 0 Å². The van der Waals surface area contributed by atoms with Crippen LogP contribution in [0.2, 0.25) is 0 Å². The summed E-state index contributed by atoms with van der Waals surface area (Å²) >= 11 is 0. The average Bonchev–Trinajstić information content (AvgIpc) is 3.78. The number of hydrogen-bond donors (Lipinski definition) is 0. The van der Waals surface area contributed by atoms with Gasteiger partial charge in [-0.05, 0) is 159 Å². The molecule has 6 atom stereocenters. The molecule has 3 heterocycles. The summed E-state index contributed by atoms with van der Waals surface area (Å²) in [4.78, 5) is 72.4. The van der Waals surface area contributed by atoms with Gasteiger partial charge >= 0.3 is 35.8 Å². The van der Waals surface area contributed by atoms with Gasteiger partial charge in [-0.1, -0.05) is 53.3 Å². The molecule has 0 radical (unpaired) electrons. The van der Waals surface area contributed by atoms with E-state index in [0.29, 0.717) is 36.0 Å². The Balaban J connectivity index is 0.000000259. The first kappa shape index (κ1) is 68.3. The molecule has 3 saturated carbocycles. The van der Waals surface area contributed by atoms with Gasteiger partial charge in [0.2, 0.25) is 0 Å². The number of hydrogen-bond acceptors (Lipinski definition) is 18. The summed E-state index contributed by atoms with van der Waals surface area (Å²) in [6, 6.07) is 0. The van der Waals surface area contributed by atoms with Crippen molar-refractivity contribution in [2.75, 3.05) is 19.8 Å². The van der Waals surface area contributed by atoms with Crippen molar-refractivity contribution in [3.8, 4) is 0 Å². The summed E-state index contributed by atoms with van der Waals surface area (Å²) in [6.07, 6.45) is 15.4. The second kappa shape index (κ2) is 30.4. The molecule has 0 aromatic carbocycles. The third-order valence-corrected chi connectivity index (χ3v) is 15.5. The van der Waals surface area contributed by atoms with E-state index in [-0.39, 0.29) is 116 Å². The molecule has 0 bridgehead atoms. The van der Waals surface area contributed by atoms with Gasteiger partial charge in [0, 0.05) is 36.0 Å². The van der Waals surface area contributed by atoms with Crippen LogP contribution in [-0.4, -0.2) is 126 Å². The largest absolute Gasteiger partial charge is 0.460 e. The molecule has 6 aliphatic rings. The van der Waals surface area contributed by atoms with Crippen molar-refractivity contribution in [2.24, 2.45) is 5.92 Å². The van der Waals surface area contributed by atoms with Crippen LogP contribution in [0.25, 0.3) is 0 Å².